The van der Waals surface area contributed by atoms with Crippen LogP contribution in [0.1, 0.15) is 20.8 Å². The third-order valence-corrected chi connectivity index (χ3v) is 2.21. The molecule has 110 valence electrons. The highest BCUT2D eigenvalue weighted by atomic mass is 16.6. The second-order valence-corrected chi connectivity index (χ2v) is 5.06. The van der Waals surface area contributed by atoms with Gasteiger partial charge in [-0.3, -0.25) is 10.1 Å². The molecule has 0 aliphatic carbocycles. The molecule has 0 aromatic heterocycles. The molecule has 0 aliphatic rings. The Morgan fingerprint density at radius 1 is 1.40 bits per heavy atom. The Morgan fingerprint density at radius 2 is 2.05 bits per heavy atom. The molecule has 0 bridgehead atoms. The summed E-state index contributed by atoms with van der Waals surface area (Å²) in [5.41, 5.74) is -0.337. The molecule has 1 rings (SSSR count). The Morgan fingerprint density at radius 3 is 2.55 bits per heavy atom. The van der Waals surface area contributed by atoms with E-state index in [9.17, 15) is 14.9 Å². The van der Waals surface area contributed by atoms with Crippen LogP contribution in [0.5, 0.6) is 5.75 Å². The number of nitrogens with zero attached hydrogens (tertiary/aromatic N) is 1. The van der Waals surface area contributed by atoms with Gasteiger partial charge in [-0.2, -0.15) is 0 Å². The van der Waals surface area contributed by atoms with Crippen molar-refractivity contribution in [3.05, 3.63) is 28.3 Å². The molecule has 0 aliphatic heterocycles. The number of rotatable bonds is 5. The van der Waals surface area contributed by atoms with E-state index >= 15 is 0 Å². The summed E-state index contributed by atoms with van der Waals surface area (Å²) in [6.45, 7) is 4.94. The lowest BCUT2D eigenvalue weighted by Gasteiger charge is -2.19. The maximum absolute atomic E-state index is 11.5. The molecule has 0 heterocycles. The average molecular weight is 282 g/mol. The molecule has 20 heavy (non-hydrogen) atoms. The molecule has 1 N–H and O–H groups in total. The number of benzene rings is 1. The van der Waals surface area contributed by atoms with Gasteiger partial charge in [0.15, 0.2) is 6.61 Å². The highest BCUT2D eigenvalue weighted by molar-refractivity contribution is 5.72. The van der Waals surface area contributed by atoms with Gasteiger partial charge in [0.25, 0.3) is 5.69 Å². The molecule has 0 atom stereocenters. The van der Waals surface area contributed by atoms with E-state index in [-0.39, 0.29) is 18.0 Å². The van der Waals surface area contributed by atoms with E-state index in [0.29, 0.717) is 5.69 Å². The van der Waals surface area contributed by atoms with Crippen LogP contribution < -0.4 is 10.1 Å². The summed E-state index contributed by atoms with van der Waals surface area (Å²) in [7, 11) is 1.59. The van der Waals surface area contributed by atoms with Gasteiger partial charge in [-0.25, -0.2) is 4.79 Å². The molecule has 0 spiro atoms. The summed E-state index contributed by atoms with van der Waals surface area (Å²) in [6, 6.07) is 4.32. The normalized spacial score (nSPS) is 10.8. The first-order valence-electron chi connectivity index (χ1n) is 6.04. The summed E-state index contributed by atoms with van der Waals surface area (Å²) >= 11 is 0. The standard InChI is InChI=1S/C13H18N2O5/c1-13(2,3)20-12(16)8-19-9-5-6-10(14-4)11(7-9)15(17)18/h5-7,14H,8H2,1-4H3. The predicted octanol–water partition coefficient (Wildman–Crippen LogP) is 2.36. The van der Waals surface area contributed by atoms with Crippen LogP contribution in [0.15, 0.2) is 18.2 Å². The zero-order valence-electron chi connectivity index (χ0n) is 11.9. The average Bonchev–Trinajstić information content (AvgIpc) is 2.33. The number of ether oxygens (including phenoxy) is 2. The minimum absolute atomic E-state index is 0.116. The van der Waals surface area contributed by atoms with Crippen LogP contribution in [0, 0.1) is 10.1 Å². The Balaban J connectivity index is 2.72. The van der Waals surface area contributed by atoms with Gasteiger partial charge in [0.2, 0.25) is 0 Å². The van der Waals surface area contributed by atoms with E-state index in [0.717, 1.165) is 0 Å². The lowest BCUT2D eigenvalue weighted by molar-refractivity contribution is -0.384. The molecule has 0 radical (unpaired) electrons. The number of nitro groups is 1. The first-order valence-corrected chi connectivity index (χ1v) is 6.04. The van der Waals surface area contributed by atoms with Crippen molar-refractivity contribution in [2.45, 2.75) is 26.4 Å². The zero-order chi connectivity index (χ0) is 15.3. The molecule has 0 saturated carbocycles. The smallest absolute Gasteiger partial charge is 0.344 e. The number of nitrogens with one attached hydrogen (secondary N) is 1. The van der Waals surface area contributed by atoms with Gasteiger partial charge in [-0.1, -0.05) is 0 Å². The van der Waals surface area contributed by atoms with Crippen molar-refractivity contribution >= 4 is 17.3 Å². The molecule has 0 saturated heterocycles. The van der Waals surface area contributed by atoms with Crippen LogP contribution in [0.4, 0.5) is 11.4 Å². The topological polar surface area (TPSA) is 90.7 Å². The lowest BCUT2D eigenvalue weighted by atomic mass is 10.2. The van der Waals surface area contributed by atoms with Gasteiger partial charge in [-0.15, -0.1) is 0 Å². The first-order chi connectivity index (χ1) is 9.23. The summed E-state index contributed by atoms with van der Waals surface area (Å²) in [6.07, 6.45) is 0. The second kappa shape index (κ2) is 6.23. The molecule has 0 amide bonds. The SMILES string of the molecule is CNc1ccc(OCC(=O)OC(C)(C)C)cc1[N+](=O)[O-]. The highest BCUT2D eigenvalue weighted by Gasteiger charge is 2.18. The fourth-order valence-corrected chi connectivity index (χ4v) is 1.48. The molecule has 1 aromatic rings. The molecule has 7 nitrogen and oxygen atoms in total. The van der Waals surface area contributed by atoms with E-state index in [4.69, 9.17) is 9.47 Å². The monoisotopic (exact) mass is 282 g/mol. The zero-order valence-corrected chi connectivity index (χ0v) is 11.9. The van der Waals surface area contributed by atoms with E-state index in [1.165, 1.54) is 12.1 Å². The maximum Gasteiger partial charge on any atom is 0.344 e. The number of nitro benzene ring substituents is 1. The number of esters is 1. The molecule has 0 unspecified atom stereocenters. The Hall–Kier alpha value is -2.31. The Bertz CT molecular complexity index is 508. The van der Waals surface area contributed by atoms with Gasteiger partial charge >= 0.3 is 5.97 Å². The number of carbonyl (C=O) groups is 1. The number of hydrogen-bond acceptors (Lipinski definition) is 6. The fourth-order valence-electron chi connectivity index (χ4n) is 1.48. The van der Waals surface area contributed by atoms with Crippen LogP contribution in [0.2, 0.25) is 0 Å². The van der Waals surface area contributed by atoms with Crippen molar-refractivity contribution in [1.29, 1.82) is 0 Å². The van der Waals surface area contributed by atoms with Crippen molar-refractivity contribution in [2.24, 2.45) is 0 Å². The van der Waals surface area contributed by atoms with Gasteiger partial charge in [-0.05, 0) is 32.9 Å². The van der Waals surface area contributed by atoms with Crippen molar-refractivity contribution in [3.63, 3.8) is 0 Å². The largest absolute Gasteiger partial charge is 0.482 e. The maximum atomic E-state index is 11.5. The number of carbonyl (C=O) groups excluding carboxylic acids is 1. The second-order valence-electron chi connectivity index (χ2n) is 5.06. The number of anilines is 1. The molecule has 0 fully saturated rings. The summed E-state index contributed by atoms with van der Waals surface area (Å²) in [5.74, 6) is -0.292. The third-order valence-electron chi connectivity index (χ3n) is 2.21. The van der Waals surface area contributed by atoms with Gasteiger partial charge in [0, 0.05) is 7.05 Å². The molecular formula is C13H18N2O5. The number of hydrogen-bond donors (Lipinski definition) is 1. The summed E-state index contributed by atoms with van der Waals surface area (Å²) < 4.78 is 10.3. The van der Waals surface area contributed by atoms with Crippen LogP contribution in [-0.2, 0) is 9.53 Å². The Labute approximate surface area is 117 Å². The quantitative estimate of drug-likeness (QED) is 0.506. The Kier molecular flexibility index (Phi) is 4.90. The van der Waals surface area contributed by atoms with Crippen LogP contribution in [-0.4, -0.2) is 30.1 Å². The van der Waals surface area contributed by atoms with Crippen LogP contribution in [0.3, 0.4) is 0 Å². The van der Waals surface area contributed by atoms with E-state index in [1.54, 1.807) is 33.9 Å². The fraction of sp³-hybridized carbons (Fsp3) is 0.462. The van der Waals surface area contributed by atoms with Crippen molar-refractivity contribution in [2.75, 3.05) is 19.0 Å². The van der Waals surface area contributed by atoms with Gasteiger partial charge in [0.1, 0.15) is 17.0 Å². The van der Waals surface area contributed by atoms with Crippen molar-refractivity contribution in [3.8, 4) is 5.75 Å². The first kappa shape index (κ1) is 15.7. The van der Waals surface area contributed by atoms with Crippen molar-refractivity contribution in [1.82, 2.24) is 0 Å². The van der Waals surface area contributed by atoms with E-state index in [1.807, 2.05) is 0 Å². The van der Waals surface area contributed by atoms with E-state index in [2.05, 4.69) is 5.32 Å². The summed E-state index contributed by atoms with van der Waals surface area (Å²) in [5, 5.41) is 13.6. The van der Waals surface area contributed by atoms with Crippen LogP contribution >= 0.6 is 0 Å². The summed E-state index contributed by atoms with van der Waals surface area (Å²) in [4.78, 5) is 21.8. The third kappa shape index (κ3) is 4.75. The van der Waals surface area contributed by atoms with Crippen LogP contribution in [0.25, 0.3) is 0 Å². The van der Waals surface area contributed by atoms with Crippen molar-refractivity contribution < 1.29 is 19.2 Å². The molecule has 1 aromatic carbocycles. The minimum atomic E-state index is -0.595. The lowest BCUT2D eigenvalue weighted by Crippen LogP contribution is -2.27. The highest BCUT2D eigenvalue weighted by Crippen LogP contribution is 2.28. The van der Waals surface area contributed by atoms with Gasteiger partial charge < -0.3 is 14.8 Å². The van der Waals surface area contributed by atoms with E-state index < -0.39 is 16.5 Å². The predicted molar refractivity (Wildman–Crippen MR) is 74.0 cm³/mol. The minimum Gasteiger partial charge on any atom is -0.482 e. The molecule has 7 heteroatoms. The van der Waals surface area contributed by atoms with Gasteiger partial charge in [0.05, 0.1) is 11.0 Å². The molecular weight excluding hydrogens is 264 g/mol.